The van der Waals surface area contributed by atoms with Crippen LogP contribution in [0.1, 0.15) is 6.42 Å². The van der Waals surface area contributed by atoms with Gasteiger partial charge >= 0.3 is 181 Å². The molecule has 3 aromatic rings. The molecule has 5 nitrogen and oxygen atoms in total. The van der Waals surface area contributed by atoms with Gasteiger partial charge in [-0.2, -0.15) is 0 Å². The molecule has 1 aliphatic heterocycles. The minimum absolute atomic E-state index is 0.0842. The van der Waals surface area contributed by atoms with Gasteiger partial charge in [-0.15, -0.1) is 0 Å². The van der Waals surface area contributed by atoms with Crippen molar-refractivity contribution in [2.75, 3.05) is 38.2 Å². The van der Waals surface area contributed by atoms with E-state index in [0.717, 1.165) is 43.8 Å². The van der Waals surface area contributed by atoms with Crippen LogP contribution in [0.25, 0.3) is 10.9 Å². The predicted molar refractivity (Wildman–Crippen MR) is 118 cm³/mol. The van der Waals surface area contributed by atoms with Crippen LogP contribution in [0.15, 0.2) is 42.7 Å². The van der Waals surface area contributed by atoms with Crippen LogP contribution in [-0.2, 0) is 4.74 Å². The Labute approximate surface area is 181 Å². The van der Waals surface area contributed by atoms with E-state index in [2.05, 4.69) is 38.4 Å². The Hall–Kier alpha value is -1.72. The van der Waals surface area contributed by atoms with Gasteiger partial charge < -0.3 is 0 Å². The Bertz CT molecular complexity index is 984. The van der Waals surface area contributed by atoms with Gasteiger partial charge in [-0.05, 0) is 0 Å². The number of benzene rings is 2. The van der Waals surface area contributed by atoms with E-state index >= 15 is 0 Å². The van der Waals surface area contributed by atoms with Crippen molar-refractivity contribution in [2.45, 2.75) is 11.6 Å². The fourth-order valence-electron chi connectivity index (χ4n) is 3.34. The van der Waals surface area contributed by atoms with Crippen molar-refractivity contribution in [3.8, 4) is 0 Å². The summed E-state index contributed by atoms with van der Waals surface area (Å²) in [4.78, 5) is 11.2. The van der Waals surface area contributed by atoms with Crippen LogP contribution in [0.3, 0.4) is 0 Å². The van der Waals surface area contributed by atoms with Crippen molar-refractivity contribution >= 4 is 54.1 Å². The third-order valence-corrected chi connectivity index (χ3v) is 7.97. The van der Waals surface area contributed by atoms with E-state index in [4.69, 9.17) is 16.3 Å². The first-order chi connectivity index (χ1) is 14.2. The fourth-order valence-corrected chi connectivity index (χ4v) is 5.76. The molecular weight excluding hydrogens is 454 g/mol. The Morgan fingerprint density at radius 3 is 2.83 bits per heavy atom. The summed E-state index contributed by atoms with van der Waals surface area (Å²) >= 11 is 5.68. The first-order valence-electron chi connectivity index (χ1n) is 9.70. The molecule has 152 valence electrons. The third-order valence-electron chi connectivity index (χ3n) is 4.90. The van der Waals surface area contributed by atoms with Gasteiger partial charge in [0.1, 0.15) is 0 Å². The molecule has 1 fully saturated rings. The Balaban J connectivity index is 1.43. The standard InChI is InChI=1S/C21H23AsClFN4O/c23-18-13-16(3-4-19(18)24)27-21-17-12-15(2-5-20(17)25-14-26-21)22-6-1-7-28-8-10-29-11-9-28/h2-5,12-14,22H,1,6-11H2,(H,25,26,27). The molecule has 4 rings (SSSR count). The van der Waals surface area contributed by atoms with Crippen molar-refractivity contribution < 1.29 is 9.13 Å². The summed E-state index contributed by atoms with van der Waals surface area (Å²) in [5.41, 5.74) is 1.59. The summed E-state index contributed by atoms with van der Waals surface area (Å²) < 4.78 is 20.2. The van der Waals surface area contributed by atoms with Crippen molar-refractivity contribution in [2.24, 2.45) is 0 Å². The Kier molecular flexibility index (Phi) is 6.98. The molecule has 8 heteroatoms. The summed E-state index contributed by atoms with van der Waals surface area (Å²) in [5.74, 6) is 0.272. The fraction of sp³-hybridized carbons (Fsp3) is 0.333. The van der Waals surface area contributed by atoms with E-state index < -0.39 is 5.82 Å². The molecule has 0 bridgehead atoms. The number of aromatic nitrogens is 2. The molecule has 1 N–H and O–H groups in total. The first kappa shape index (κ1) is 20.5. The van der Waals surface area contributed by atoms with Crippen LogP contribution in [0.4, 0.5) is 15.9 Å². The number of nitrogens with one attached hydrogen (secondary N) is 1. The molecule has 1 aromatic heterocycles. The van der Waals surface area contributed by atoms with Crippen LogP contribution in [-0.4, -0.2) is 63.5 Å². The zero-order valence-corrected chi connectivity index (χ0v) is 18.9. The van der Waals surface area contributed by atoms with Crippen molar-refractivity contribution in [3.05, 3.63) is 53.6 Å². The average molecular weight is 477 g/mol. The van der Waals surface area contributed by atoms with Crippen molar-refractivity contribution in [1.82, 2.24) is 14.9 Å². The molecule has 0 spiro atoms. The van der Waals surface area contributed by atoms with E-state index in [-0.39, 0.29) is 20.8 Å². The normalized spacial score (nSPS) is 15.4. The number of hydrogen-bond donors (Lipinski definition) is 1. The summed E-state index contributed by atoms with van der Waals surface area (Å²) in [6, 6.07) is 11.0. The number of fused-ring (bicyclic) bond motifs is 1. The summed E-state index contributed by atoms with van der Waals surface area (Å²) in [6.07, 6.45) is 2.76. The average Bonchev–Trinajstić information content (AvgIpc) is 2.75. The van der Waals surface area contributed by atoms with E-state index in [1.165, 1.54) is 28.4 Å². The second kappa shape index (κ2) is 9.85. The number of halogens is 2. The molecule has 0 saturated carbocycles. The maximum absolute atomic E-state index is 13.4. The summed E-state index contributed by atoms with van der Waals surface area (Å²) in [5, 5.41) is 5.56. The molecule has 0 radical (unpaired) electrons. The second-order valence-corrected chi connectivity index (χ2v) is 10.4. The van der Waals surface area contributed by atoms with E-state index in [9.17, 15) is 4.39 Å². The Morgan fingerprint density at radius 1 is 1.14 bits per heavy atom. The molecule has 2 aromatic carbocycles. The molecule has 2 heterocycles. The SMILES string of the molecule is Fc1ccc(Nc2ncnc3ccc([AsH]CCCN4CCOCC4)cc23)cc1Cl. The second-order valence-electron chi connectivity index (χ2n) is 6.94. The van der Waals surface area contributed by atoms with Gasteiger partial charge in [0, 0.05) is 0 Å². The number of morpholine rings is 1. The van der Waals surface area contributed by atoms with Gasteiger partial charge in [-0.1, -0.05) is 0 Å². The van der Waals surface area contributed by atoms with Crippen LogP contribution in [0.2, 0.25) is 10.2 Å². The predicted octanol–water partition coefficient (Wildman–Crippen LogP) is 3.37. The van der Waals surface area contributed by atoms with Crippen LogP contribution in [0.5, 0.6) is 0 Å². The quantitative estimate of drug-likeness (QED) is 0.419. The third kappa shape index (κ3) is 5.46. The summed E-state index contributed by atoms with van der Waals surface area (Å²) in [7, 11) is 0. The Morgan fingerprint density at radius 2 is 2.00 bits per heavy atom. The van der Waals surface area contributed by atoms with E-state index in [1.54, 1.807) is 12.1 Å². The first-order valence-corrected chi connectivity index (χ1v) is 12.6. The topological polar surface area (TPSA) is 50.3 Å². The number of nitrogens with zero attached hydrogens (tertiary/aromatic N) is 3. The monoisotopic (exact) mass is 476 g/mol. The van der Waals surface area contributed by atoms with Gasteiger partial charge in [0.25, 0.3) is 0 Å². The number of anilines is 2. The van der Waals surface area contributed by atoms with Crippen molar-refractivity contribution in [3.63, 3.8) is 0 Å². The van der Waals surface area contributed by atoms with Crippen LogP contribution < -0.4 is 9.67 Å². The van der Waals surface area contributed by atoms with E-state index in [0.29, 0.717) is 11.5 Å². The number of rotatable bonds is 7. The number of hydrogen-bond acceptors (Lipinski definition) is 5. The molecule has 0 aliphatic carbocycles. The molecule has 29 heavy (non-hydrogen) atoms. The molecule has 1 aliphatic rings. The summed E-state index contributed by atoms with van der Waals surface area (Å²) in [6.45, 7) is 4.97. The van der Waals surface area contributed by atoms with Gasteiger partial charge in [0.05, 0.1) is 0 Å². The number of ether oxygens (including phenoxy) is 1. The minimum atomic E-state index is -0.436. The van der Waals surface area contributed by atoms with Gasteiger partial charge in [0.15, 0.2) is 0 Å². The van der Waals surface area contributed by atoms with Crippen LogP contribution in [0, 0.1) is 5.82 Å². The zero-order chi connectivity index (χ0) is 20.1. The molecule has 1 saturated heterocycles. The van der Waals surface area contributed by atoms with Gasteiger partial charge in [-0.25, -0.2) is 0 Å². The molecule has 1 atom stereocenters. The zero-order valence-electron chi connectivity index (χ0n) is 16.0. The van der Waals surface area contributed by atoms with Crippen molar-refractivity contribution in [1.29, 1.82) is 0 Å². The van der Waals surface area contributed by atoms with E-state index in [1.807, 2.05) is 0 Å². The molecule has 0 amide bonds. The molecule has 1 unspecified atom stereocenters. The maximum atomic E-state index is 13.4. The van der Waals surface area contributed by atoms with Gasteiger partial charge in [0.2, 0.25) is 0 Å². The molecular formula is C21H23AsClFN4O. The van der Waals surface area contributed by atoms with Crippen LogP contribution >= 0.6 is 11.6 Å². The van der Waals surface area contributed by atoms with Gasteiger partial charge in [-0.3, -0.25) is 0 Å².